The molecular weight excluding hydrogens is 436 g/mol. The summed E-state index contributed by atoms with van der Waals surface area (Å²) in [4.78, 5) is 23.6. The summed E-state index contributed by atoms with van der Waals surface area (Å²) in [5.41, 5.74) is 5.53. The van der Waals surface area contributed by atoms with E-state index in [0.717, 1.165) is 33.9 Å². The Morgan fingerprint density at radius 3 is 2.88 bits per heavy atom. The molecule has 1 aliphatic heterocycles. The molecule has 170 valence electrons. The van der Waals surface area contributed by atoms with Crippen molar-refractivity contribution >= 4 is 34.0 Å². The number of aromatic nitrogens is 5. The van der Waals surface area contributed by atoms with Crippen LogP contribution in [-0.4, -0.2) is 62.0 Å². The van der Waals surface area contributed by atoms with Gasteiger partial charge in [0.15, 0.2) is 11.5 Å². The Hall–Kier alpha value is -3.50. The van der Waals surface area contributed by atoms with Crippen molar-refractivity contribution in [2.24, 2.45) is 0 Å². The molecule has 0 amide bonds. The molecule has 1 aliphatic rings. The maximum absolute atomic E-state index is 8.62. The minimum absolute atomic E-state index is 0.423. The molecule has 1 fully saturated rings. The van der Waals surface area contributed by atoms with Crippen LogP contribution < -0.4 is 5.32 Å². The van der Waals surface area contributed by atoms with Crippen molar-refractivity contribution in [2.45, 2.75) is 20.4 Å². The maximum Gasteiger partial charge on any atom is 0.178 e. The predicted octanol–water partition coefficient (Wildman–Crippen LogP) is 3.47. The minimum atomic E-state index is 0.423. The Bertz CT molecular complexity index is 1310. The summed E-state index contributed by atoms with van der Waals surface area (Å²) in [6, 6.07) is 4.10. The molecule has 0 aliphatic carbocycles. The summed E-state index contributed by atoms with van der Waals surface area (Å²) in [7, 11) is 0. The van der Waals surface area contributed by atoms with Gasteiger partial charge in [-0.3, -0.25) is 5.41 Å². The molecule has 4 N–H and O–H groups in total. The Morgan fingerprint density at radius 1 is 1.27 bits per heavy atom. The number of aryl methyl sites for hydroxylation is 2. The van der Waals surface area contributed by atoms with Crippen molar-refractivity contribution in [3.05, 3.63) is 58.1 Å². The molecule has 0 saturated carbocycles. The summed E-state index contributed by atoms with van der Waals surface area (Å²) in [6.45, 7) is 7.24. The van der Waals surface area contributed by atoms with E-state index in [0.29, 0.717) is 50.2 Å². The number of fused-ring (bicyclic) bond motifs is 1. The Morgan fingerprint density at radius 2 is 2.12 bits per heavy atom. The fraction of sp³-hybridized carbons (Fsp3) is 0.304. The van der Waals surface area contributed by atoms with Gasteiger partial charge in [-0.25, -0.2) is 15.0 Å². The highest BCUT2D eigenvalue weighted by molar-refractivity contribution is 7.10. The SMILES string of the molecule is Cc1cc(-c2cnc(/C(=C\C(=N)N3CCOCC3)NCc3nc4nccc(C)c4[nH]3)[nH]2)cs1. The molecular formula is C23H26N8OS. The van der Waals surface area contributed by atoms with Crippen molar-refractivity contribution in [2.75, 3.05) is 26.3 Å². The van der Waals surface area contributed by atoms with Crippen molar-refractivity contribution < 1.29 is 4.74 Å². The summed E-state index contributed by atoms with van der Waals surface area (Å²) in [5, 5.41) is 14.2. The fourth-order valence-electron chi connectivity index (χ4n) is 3.77. The van der Waals surface area contributed by atoms with Gasteiger partial charge in [0.25, 0.3) is 0 Å². The molecule has 10 heteroatoms. The number of morpholine rings is 1. The van der Waals surface area contributed by atoms with Gasteiger partial charge in [0.2, 0.25) is 0 Å². The van der Waals surface area contributed by atoms with Crippen LogP contribution in [0, 0.1) is 19.3 Å². The molecule has 0 atom stereocenters. The summed E-state index contributed by atoms with van der Waals surface area (Å²) >= 11 is 1.71. The van der Waals surface area contributed by atoms with Crippen LogP contribution in [0.25, 0.3) is 28.1 Å². The largest absolute Gasteiger partial charge is 0.378 e. The number of hydrogen-bond donors (Lipinski definition) is 4. The van der Waals surface area contributed by atoms with Gasteiger partial charge in [0.1, 0.15) is 11.7 Å². The van der Waals surface area contributed by atoms with E-state index in [1.807, 2.05) is 30.2 Å². The number of nitrogens with zero attached hydrogens (tertiary/aromatic N) is 4. The standard InChI is InChI=1S/C23H26N8OS/c1-14-3-4-25-23-21(14)29-20(30-23)12-26-17(10-19(24)31-5-7-32-8-6-31)22-27-11-18(28-22)16-9-15(2)33-13-16/h3-4,9-11,13,24,26H,5-8,12H2,1-2H3,(H,27,28)(H,25,29,30)/b17-10+,24-19?. The number of H-pyrrole nitrogens is 2. The van der Waals surface area contributed by atoms with Gasteiger partial charge in [-0.05, 0) is 31.5 Å². The monoisotopic (exact) mass is 462 g/mol. The van der Waals surface area contributed by atoms with Crippen LogP contribution in [0.15, 0.2) is 36.0 Å². The van der Waals surface area contributed by atoms with E-state index >= 15 is 0 Å². The molecule has 5 rings (SSSR count). The zero-order valence-electron chi connectivity index (χ0n) is 18.6. The zero-order valence-corrected chi connectivity index (χ0v) is 19.4. The van der Waals surface area contributed by atoms with Gasteiger partial charge in [-0.2, -0.15) is 0 Å². The third kappa shape index (κ3) is 4.67. The predicted molar refractivity (Wildman–Crippen MR) is 130 cm³/mol. The quantitative estimate of drug-likeness (QED) is 0.257. The second-order valence-corrected chi connectivity index (χ2v) is 9.11. The molecule has 0 aromatic carbocycles. The van der Waals surface area contributed by atoms with E-state index in [-0.39, 0.29) is 0 Å². The molecule has 9 nitrogen and oxygen atoms in total. The molecule has 5 heterocycles. The van der Waals surface area contributed by atoms with E-state index in [2.05, 4.69) is 48.6 Å². The molecule has 1 saturated heterocycles. The number of imidazole rings is 2. The lowest BCUT2D eigenvalue weighted by atomic mass is 10.2. The van der Waals surface area contributed by atoms with E-state index in [1.54, 1.807) is 17.5 Å². The number of pyridine rings is 1. The second-order valence-electron chi connectivity index (χ2n) is 8.00. The number of thiophene rings is 1. The number of hydrogen-bond acceptors (Lipinski definition) is 7. The highest BCUT2D eigenvalue weighted by atomic mass is 32.1. The lowest BCUT2D eigenvalue weighted by Gasteiger charge is -2.28. The topological polar surface area (TPSA) is 119 Å². The molecule has 4 aromatic rings. The molecule has 0 bridgehead atoms. The molecule has 0 unspecified atom stereocenters. The van der Waals surface area contributed by atoms with Gasteiger partial charge < -0.3 is 24.9 Å². The second kappa shape index (κ2) is 9.16. The average molecular weight is 463 g/mol. The van der Waals surface area contributed by atoms with Crippen molar-refractivity contribution in [3.63, 3.8) is 0 Å². The van der Waals surface area contributed by atoms with Gasteiger partial charge in [0.05, 0.1) is 42.9 Å². The molecule has 0 radical (unpaired) electrons. The van der Waals surface area contributed by atoms with Crippen LogP contribution in [-0.2, 0) is 11.3 Å². The van der Waals surface area contributed by atoms with Crippen LogP contribution in [0.2, 0.25) is 0 Å². The Kier molecular flexibility index (Phi) is 5.93. The number of aromatic amines is 2. The highest BCUT2D eigenvalue weighted by Crippen LogP contribution is 2.25. The van der Waals surface area contributed by atoms with Crippen molar-refractivity contribution in [1.29, 1.82) is 5.41 Å². The highest BCUT2D eigenvalue weighted by Gasteiger charge is 2.16. The van der Waals surface area contributed by atoms with Crippen molar-refractivity contribution in [1.82, 2.24) is 35.1 Å². The maximum atomic E-state index is 8.62. The van der Waals surface area contributed by atoms with E-state index in [9.17, 15) is 0 Å². The summed E-state index contributed by atoms with van der Waals surface area (Å²) in [5.74, 6) is 1.88. The van der Waals surface area contributed by atoms with Crippen LogP contribution in [0.4, 0.5) is 0 Å². The van der Waals surface area contributed by atoms with Crippen LogP contribution in [0.1, 0.15) is 22.1 Å². The van der Waals surface area contributed by atoms with E-state index in [4.69, 9.17) is 10.1 Å². The first kappa shape index (κ1) is 21.4. The first-order valence-corrected chi connectivity index (χ1v) is 11.7. The molecule has 0 spiro atoms. The molecule has 4 aromatic heterocycles. The molecule has 33 heavy (non-hydrogen) atoms. The summed E-state index contributed by atoms with van der Waals surface area (Å²) in [6.07, 6.45) is 5.42. The third-order valence-corrected chi connectivity index (χ3v) is 6.46. The number of rotatable bonds is 6. The van der Waals surface area contributed by atoms with Crippen molar-refractivity contribution in [3.8, 4) is 11.3 Å². The fourth-order valence-corrected chi connectivity index (χ4v) is 4.47. The number of nitrogens with one attached hydrogen (secondary N) is 4. The van der Waals surface area contributed by atoms with Gasteiger partial charge in [0, 0.05) is 41.2 Å². The van der Waals surface area contributed by atoms with Crippen LogP contribution in [0.3, 0.4) is 0 Å². The lowest BCUT2D eigenvalue weighted by molar-refractivity contribution is 0.0681. The van der Waals surface area contributed by atoms with Gasteiger partial charge >= 0.3 is 0 Å². The van der Waals surface area contributed by atoms with Crippen LogP contribution in [0.5, 0.6) is 0 Å². The third-order valence-electron chi connectivity index (χ3n) is 5.60. The first-order chi connectivity index (χ1) is 16.1. The van der Waals surface area contributed by atoms with Crippen LogP contribution >= 0.6 is 11.3 Å². The van der Waals surface area contributed by atoms with Gasteiger partial charge in [-0.1, -0.05) is 0 Å². The number of amidine groups is 1. The normalized spacial score (nSPS) is 14.7. The Labute approximate surface area is 195 Å². The van der Waals surface area contributed by atoms with E-state index in [1.165, 1.54) is 4.88 Å². The smallest absolute Gasteiger partial charge is 0.178 e. The number of ether oxygens (including phenoxy) is 1. The van der Waals surface area contributed by atoms with Gasteiger partial charge in [-0.15, -0.1) is 11.3 Å². The Balaban J connectivity index is 1.41. The first-order valence-electron chi connectivity index (χ1n) is 10.8. The lowest BCUT2D eigenvalue weighted by Crippen LogP contribution is -2.39. The average Bonchev–Trinajstić information content (AvgIpc) is 3.57. The van der Waals surface area contributed by atoms with E-state index < -0.39 is 0 Å². The zero-order chi connectivity index (χ0) is 22.8. The summed E-state index contributed by atoms with van der Waals surface area (Å²) < 4.78 is 5.43. The minimum Gasteiger partial charge on any atom is -0.378 e.